The van der Waals surface area contributed by atoms with E-state index in [9.17, 15) is 4.79 Å². The van der Waals surface area contributed by atoms with Gasteiger partial charge in [-0.2, -0.15) is 0 Å². The van der Waals surface area contributed by atoms with Crippen LogP contribution in [0.3, 0.4) is 0 Å². The molecule has 0 saturated carbocycles. The van der Waals surface area contributed by atoms with Gasteiger partial charge in [0.15, 0.2) is 5.96 Å². The van der Waals surface area contributed by atoms with E-state index in [4.69, 9.17) is 4.74 Å². The Hall–Kier alpha value is -3.02. The molecule has 2 N–H and O–H groups in total. The first-order valence-corrected chi connectivity index (χ1v) is 9.06. The minimum atomic E-state index is 0.000482. The monoisotopic (exact) mass is 368 g/mol. The number of guanidine groups is 1. The number of amides is 1. The molecule has 0 aromatic heterocycles. The van der Waals surface area contributed by atoms with E-state index in [1.165, 1.54) is 0 Å². The van der Waals surface area contributed by atoms with Crippen LogP contribution in [0.15, 0.2) is 59.6 Å². The average molecular weight is 368 g/mol. The number of rotatable bonds is 8. The fourth-order valence-electron chi connectivity index (χ4n) is 2.26. The highest BCUT2D eigenvalue weighted by Crippen LogP contribution is 2.14. The highest BCUT2D eigenvalue weighted by molar-refractivity contribution is 5.86. The highest BCUT2D eigenvalue weighted by atomic mass is 16.5. The van der Waals surface area contributed by atoms with Crippen LogP contribution < -0.4 is 15.4 Å². The molecule has 2 aromatic carbocycles. The minimum Gasteiger partial charge on any atom is -0.489 e. The molecular formula is C21H28N4O2. The summed E-state index contributed by atoms with van der Waals surface area (Å²) in [5, 5.41) is 6.19. The zero-order valence-corrected chi connectivity index (χ0v) is 16.2. The molecule has 2 aromatic rings. The Morgan fingerprint density at radius 3 is 2.33 bits per heavy atom. The molecule has 1 amide bonds. The van der Waals surface area contributed by atoms with Crippen molar-refractivity contribution in [3.63, 3.8) is 0 Å². The number of aliphatic imine (C=N–C) groups is 1. The number of carbonyl (C=O) groups excluding carboxylic acids is 1. The largest absolute Gasteiger partial charge is 0.489 e. The second-order valence-electron chi connectivity index (χ2n) is 6.26. The molecule has 0 aliphatic rings. The normalized spacial score (nSPS) is 11.0. The van der Waals surface area contributed by atoms with Crippen molar-refractivity contribution in [2.45, 2.75) is 20.1 Å². The lowest BCUT2D eigenvalue weighted by Gasteiger charge is -2.14. The van der Waals surface area contributed by atoms with E-state index in [-0.39, 0.29) is 12.5 Å². The van der Waals surface area contributed by atoms with Gasteiger partial charge in [0.05, 0.1) is 13.1 Å². The lowest BCUT2D eigenvalue weighted by molar-refractivity contribution is -0.127. The Kier molecular flexibility index (Phi) is 8.16. The first-order chi connectivity index (χ1) is 13.1. The molecule has 6 heteroatoms. The summed E-state index contributed by atoms with van der Waals surface area (Å²) in [5.74, 6) is 1.45. The predicted molar refractivity (Wildman–Crippen MR) is 109 cm³/mol. The number of ether oxygens (including phenoxy) is 1. The van der Waals surface area contributed by atoms with Crippen LogP contribution in [0.2, 0.25) is 0 Å². The predicted octanol–water partition coefficient (Wildman–Crippen LogP) is 2.41. The van der Waals surface area contributed by atoms with Crippen molar-refractivity contribution in [2.75, 3.05) is 27.2 Å². The van der Waals surface area contributed by atoms with Crippen molar-refractivity contribution in [2.24, 2.45) is 4.99 Å². The molecular weight excluding hydrogens is 340 g/mol. The number of nitrogens with zero attached hydrogens (tertiary/aromatic N) is 2. The summed E-state index contributed by atoms with van der Waals surface area (Å²) in [6.45, 7) is 4.00. The zero-order chi connectivity index (χ0) is 19.5. The Bertz CT molecular complexity index is 728. The van der Waals surface area contributed by atoms with Gasteiger partial charge in [0.1, 0.15) is 12.4 Å². The smallest absolute Gasteiger partial charge is 0.241 e. The van der Waals surface area contributed by atoms with E-state index in [0.29, 0.717) is 19.1 Å². The van der Waals surface area contributed by atoms with E-state index in [1.54, 1.807) is 19.0 Å². The maximum absolute atomic E-state index is 11.7. The molecule has 0 heterocycles. The van der Waals surface area contributed by atoms with Crippen LogP contribution >= 0.6 is 0 Å². The molecule has 144 valence electrons. The molecule has 2 rings (SSSR count). The standard InChI is InChI=1S/C21H28N4O2/c1-4-22-21(24-15-20(26)25(2)3)23-14-17-10-12-19(13-11-17)27-16-18-8-6-5-7-9-18/h5-13H,4,14-16H2,1-3H3,(H2,22,23,24). The van der Waals surface area contributed by atoms with Crippen molar-refractivity contribution >= 4 is 11.9 Å². The fourth-order valence-corrected chi connectivity index (χ4v) is 2.26. The first kappa shape index (κ1) is 20.3. The second-order valence-corrected chi connectivity index (χ2v) is 6.26. The van der Waals surface area contributed by atoms with Crippen LogP contribution in [0.1, 0.15) is 18.1 Å². The Morgan fingerprint density at radius 1 is 1.00 bits per heavy atom. The van der Waals surface area contributed by atoms with E-state index in [2.05, 4.69) is 15.6 Å². The van der Waals surface area contributed by atoms with Gasteiger partial charge in [0.2, 0.25) is 5.91 Å². The molecule has 0 atom stereocenters. The summed E-state index contributed by atoms with van der Waals surface area (Å²) in [6.07, 6.45) is 0. The summed E-state index contributed by atoms with van der Waals surface area (Å²) in [7, 11) is 3.46. The summed E-state index contributed by atoms with van der Waals surface area (Å²) in [6, 6.07) is 18.0. The Balaban J connectivity index is 1.87. The van der Waals surface area contributed by atoms with Crippen molar-refractivity contribution in [3.8, 4) is 5.75 Å². The maximum atomic E-state index is 11.7. The molecule has 0 saturated heterocycles. The van der Waals surface area contributed by atoms with Crippen LogP contribution in [0.25, 0.3) is 0 Å². The average Bonchev–Trinajstić information content (AvgIpc) is 2.69. The first-order valence-electron chi connectivity index (χ1n) is 9.06. The molecule has 0 aliphatic heterocycles. The molecule has 0 bridgehead atoms. The number of hydrogen-bond acceptors (Lipinski definition) is 3. The van der Waals surface area contributed by atoms with Crippen LogP contribution in [-0.4, -0.2) is 44.0 Å². The van der Waals surface area contributed by atoms with Crippen LogP contribution in [0.5, 0.6) is 5.75 Å². The molecule has 0 radical (unpaired) electrons. The molecule has 0 fully saturated rings. The zero-order valence-electron chi connectivity index (χ0n) is 16.2. The van der Waals surface area contributed by atoms with Crippen LogP contribution in [-0.2, 0) is 17.9 Å². The van der Waals surface area contributed by atoms with Gasteiger partial charge in [-0.05, 0) is 30.2 Å². The van der Waals surface area contributed by atoms with Crippen LogP contribution in [0, 0.1) is 0 Å². The van der Waals surface area contributed by atoms with Crippen LogP contribution in [0.4, 0.5) is 0 Å². The van der Waals surface area contributed by atoms with E-state index >= 15 is 0 Å². The summed E-state index contributed by atoms with van der Waals surface area (Å²) >= 11 is 0. The minimum absolute atomic E-state index is 0.000482. The number of nitrogens with one attached hydrogen (secondary N) is 2. The van der Waals surface area contributed by atoms with Crippen molar-refractivity contribution in [3.05, 3.63) is 65.7 Å². The van der Waals surface area contributed by atoms with Crippen molar-refractivity contribution in [1.29, 1.82) is 0 Å². The van der Waals surface area contributed by atoms with Gasteiger partial charge in [0, 0.05) is 20.6 Å². The summed E-state index contributed by atoms with van der Waals surface area (Å²) in [4.78, 5) is 17.8. The van der Waals surface area contributed by atoms with Crippen molar-refractivity contribution < 1.29 is 9.53 Å². The number of carbonyl (C=O) groups is 1. The third-order valence-electron chi connectivity index (χ3n) is 3.84. The van der Waals surface area contributed by atoms with Gasteiger partial charge < -0.3 is 20.3 Å². The molecule has 0 aliphatic carbocycles. The molecule has 6 nitrogen and oxygen atoms in total. The summed E-state index contributed by atoms with van der Waals surface area (Å²) < 4.78 is 5.80. The van der Waals surface area contributed by atoms with E-state index in [1.807, 2.05) is 61.5 Å². The topological polar surface area (TPSA) is 66.0 Å². The third kappa shape index (κ3) is 7.40. The lowest BCUT2D eigenvalue weighted by atomic mass is 10.2. The summed E-state index contributed by atoms with van der Waals surface area (Å²) in [5.41, 5.74) is 2.21. The van der Waals surface area contributed by atoms with Crippen molar-refractivity contribution in [1.82, 2.24) is 15.5 Å². The highest BCUT2D eigenvalue weighted by Gasteiger charge is 2.05. The molecule has 0 spiro atoms. The van der Waals surface area contributed by atoms with Gasteiger partial charge in [0.25, 0.3) is 0 Å². The Morgan fingerprint density at radius 2 is 1.70 bits per heavy atom. The molecule has 27 heavy (non-hydrogen) atoms. The lowest BCUT2D eigenvalue weighted by Crippen LogP contribution is -2.42. The number of likely N-dealkylation sites (N-methyl/N-ethyl adjacent to an activating group) is 1. The number of hydrogen-bond donors (Lipinski definition) is 2. The van der Waals surface area contributed by atoms with E-state index in [0.717, 1.165) is 23.4 Å². The van der Waals surface area contributed by atoms with Gasteiger partial charge in [-0.15, -0.1) is 0 Å². The SMILES string of the molecule is CCNC(=NCc1ccc(OCc2ccccc2)cc1)NCC(=O)N(C)C. The maximum Gasteiger partial charge on any atom is 0.241 e. The fraction of sp³-hybridized carbons (Fsp3) is 0.333. The van der Waals surface area contributed by atoms with Gasteiger partial charge in [-0.25, -0.2) is 4.99 Å². The molecule has 0 unspecified atom stereocenters. The van der Waals surface area contributed by atoms with Gasteiger partial charge >= 0.3 is 0 Å². The van der Waals surface area contributed by atoms with Gasteiger partial charge in [-0.3, -0.25) is 4.79 Å². The Labute approximate surface area is 161 Å². The second kappa shape index (κ2) is 10.9. The van der Waals surface area contributed by atoms with Gasteiger partial charge in [-0.1, -0.05) is 42.5 Å². The third-order valence-corrected chi connectivity index (χ3v) is 3.84. The number of benzene rings is 2. The van der Waals surface area contributed by atoms with E-state index < -0.39 is 0 Å². The quantitative estimate of drug-likeness (QED) is 0.555.